The Hall–Kier alpha value is -2.73. The first-order valence-electron chi connectivity index (χ1n) is 9.87. The van der Waals surface area contributed by atoms with Gasteiger partial charge in [-0.1, -0.05) is 18.2 Å². The molecule has 1 aliphatic heterocycles. The normalized spacial score (nSPS) is 15.2. The molecule has 1 aliphatic rings. The predicted molar refractivity (Wildman–Crippen MR) is 112 cm³/mol. The first-order chi connectivity index (χ1) is 13.5. The van der Waals surface area contributed by atoms with Gasteiger partial charge in [-0.2, -0.15) is 5.10 Å². The number of hydrogen-bond acceptors (Lipinski definition) is 5. The van der Waals surface area contributed by atoms with Crippen molar-refractivity contribution >= 4 is 5.82 Å². The summed E-state index contributed by atoms with van der Waals surface area (Å²) < 4.78 is 1.95. The second-order valence-electron chi connectivity index (χ2n) is 7.64. The lowest BCUT2D eigenvalue weighted by atomic mass is 9.99. The van der Waals surface area contributed by atoms with E-state index in [-0.39, 0.29) is 0 Å². The fourth-order valence-corrected chi connectivity index (χ4v) is 3.98. The van der Waals surface area contributed by atoms with E-state index in [2.05, 4.69) is 53.9 Å². The molecule has 0 saturated carbocycles. The van der Waals surface area contributed by atoms with Crippen molar-refractivity contribution in [3.05, 3.63) is 59.2 Å². The van der Waals surface area contributed by atoms with E-state index in [0.717, 1.165) is 44.2 Å². The van der Waals surface area contributed by atoms with Crippen molar-refractivity contribution in [3.63, 3.8) is 0 Å². The van der Waals surface area contributed by atoms with Gasteiger partial charge in [0.15, 0.2) is 5.82 Å². The van der Waals surface area contributed by atoms with Crippen LogP contribution in [0.5, 0.6) is 0 Å². The van der Waals surface area contributed by atoms with E-state index in [1.807, 2.05) is 17.9 Å². The second kappa shape index (κ2) is 7.72. The number of rotatable bonds is 4. The van der Waals surface area contributed by atoms with Crippen molar-refractivity contribution < 1.29 is 0 Å². The van der Waals surface area contributed by atoms with Crippen molar-refractivity contribution in [1.82, 2.24) is 24.6 Å². The smallest absolute Gasteiger partial charge is 0.155 e. The molecule has 0 aliphatic carbocycles. The number of benzene rings is 1. The molecular formula is C22H28N6. The van der Waals surface area contributed by atoms with Crippen LogP contribution in [0.25, 0.3) is 11.3 Å². The third-order valence-corrected chi connectivity index (χ3v) is 5.80. The Morgan fingerprint density at radius 2 is 1.61 bits per heavy atom. The van der Waals surface area contributed by atoms with Crippen LogP contribution < -0.4 is 4.90 Å². The molecule has 0 unspecified atom stereocenters. The Balaban J connectivity index is 1.52. The summed E-state index contributed by atoms with van der Waals surface area (Å²) in [7, 11) is 2.00. The van der Waals surface area contributed by atoms with Crippen LogP contribution in [0.2, 0.25) is 0 Å². The summed E-state index contributed by atoms with van der Waals surface area (Å²) in [5.41, 5.74) is 7.24. The molecule has 6 nitrogen and oxygen atoms in total. The summed E-state index contributed by atoms with van der Waals surface area (Å²) >= 11 is 0. The van der Waals surface area contributed by atoms with Crippen LogP contribution in [-0.4, -0.2) is 50.8 Å². The second-order valence-corrected chi connectivity index (χ2v) is 7.64. The van der Waals surface area contributed by atoms with Gasteiger partial charge in [-0.05, 0) is 31.9 Å². The quantitative estimate of drug-likeness (QED) is 0.700. The number of aryl methyl sites for hydroxylation is 3. The molecule has 0 spiro atoms. The van der Waals surface area contributed by atoms with Crippen LogP contribution in [0.15, 0.2) is 36.8 Å². The molecule has 1 fully saturated rings. The van der Waals surface area contributed by atoms with Gasteiger partial charge in [-0.25, -0.2) is 4.98 Å². The lowest BCUT2D eigenvalue weighted by Gasteiger charge is -2.36. The van der Waals surface area contributed by atoms with Gasteiger partial charge in [-0.3, -0.25) is 14.6 Å². The molecule has 3 aromatic rings. The molecule has 0 radical (unpaired) electrons. The summed E-state index contributed by atoms with van der Waals surface area (Å²) in [6.07, 6.45) is 5.59. The summed E-state index contributed by atoms with van der Waals surface area (Å²) in [4.78, 5) is 14.3. The molecule has 0 amide bonds. The SMILES string of the molecule is Cc1cccc(C)c1-c1nccnc1N1CCN(Cc2cnn(C)c2C)CC1. The van der Waals surface area contributed by atoms with Gasteiger partial charge < -0.3 is 4.90 Å². The van der Waals surface area contributed by atoms with Crippen LogP contribution in [0, 0.1) is 20.8 Å². The van der Waals surface area contributed by atoms with Gasteiger partial charge >= 0.3 is 0 Å². The number of anilines is 1. The molecule has 28 heavy (non-hydrogen) atoms. The van der Waals surface area contributed by atoms with Gasteiger partial charge in [0.05, 0.1) is 6.20 Å². The average Bonchev–Trinajstić information content (AvgIpc) is 3.01. The van der Waals surface area contributed by atoms with E-state index in [0.29, 0.717) is 0 Å². The first kappa shape index (κ1) is 18.6. The molecule has 1 saturated heterocycles. The summed E-state index contributed by atoms with van der Waals surface area (Å²) in [5, 5.41) is 4.37. The average molecular weight is 377 g/mol. The van der Waals surface area contributed by atoms with Crippen molar-refractivity contribution in [2.45, 2.75) is 27.3 Å². The molecule has 4 rings (SSSR count). The number of nitrogens with zero attached hydrogens (tertiary/aromatic N) is 6. The van der Waals surface area contributed by atoms with E-state index in [1.54, 1.807) is 12.4 Å². The van der Waals surface area contributed by atoms with Crippen LogP contribution in [0.3, 0.4) is 0 Å². The first-order valence-corrected chi connectivity index (χ1v) is 9.87. The highest BCUT2D eigenvalue weighted by atomic mass is 15.3. The minimum absolute atomic E-state index is 0.954. The molecule has 0 bridgehead atoms. The lowest BCUT2D eigenvalue weighted by molar-refractivity contribution is 0.249. The van der Waals surface area contributed by atoms with E-state index < -0.39 is 0 Å². The maximum atomic E-state index is 4.72. The van der Waals surface area contributed by atoms with Gasteiger partial charge in [0.25, 0.3) is 0 Å². The topological polar surface area (TPSA) is 50.1 Å². The molecule has 3 heterocycles. The molecule has 2 aromatic heterocycles. The number of aromatic nitrogens is 4. The maximum Gasteiger partial charge on any atom is 0.155 e. The fourth-order valence-electron chi connectivity index (χ4n) is 3.98. The Bertz CT molecular complexity index is 949. The standard InChI is InChI=1S/C22H28N6/c1-16-6-5-7-17(2)20(16)21-22(24-9-8-23-21)28-12-10-27(11-13-28)15-19-14-25-26(4)18(19)3/h5-9,14H,10-13,15H2,1-4H3. The van der Waals surface area contributed by atoms with E-state index in [1.165, 1.54) is 27.9 Å². The van der Waals surface area contributed by atoms with Crippen LogP contribution in [-0.2, 0) is 13.6 Å². The zero-order valence-corrected chi connectivity index (χ0v) is 17.2. The zero-order valence-electron chi connectivity index (χ0n) is 17.2. The van der Waals surface area contributed by atoms with Crippen LogP contribution in [0.4, 0.5) is 5.82 Å². The minimum atomic E-state index is 0.954. The highest BCUT2D eigenvalue weighted by Crippen LogP contribution is 2.32. The lowest BCUT2D eigenvalue weighted by Crippen LogP contribution is -2.46. The monoisotopic (exact) mass is 376 g/mol. The summed E-state index contributed by atoms with van der Waals surface area (Å²) in [5.74, 6) is 0.997. The highest BCUT2D eigenvalue weighted by Gasteiger charge is 2.23. The minimum Gasteiger partial charge on any atom is -0.352 e. The Morgan fingerprint density at radius 1 is 0.929 bits per heavy atom. The highest BCUT2D eigenvalue weighted by molar-refractivity contribution is 5.77. The predicted octanol–water partition coefficient (Wildman–Crippen LogP) is 3.12. The van der Waals surface area contributed by atoms with Gasteiger partial charge in [0.2, 0.25) is 0 Å². The molecule has 0 N–H and O–H groups in total. The molecule has 0 atom stereocenters. The number of hydrogen-bond donors (Lipinski definition) is 0. The fraction of sp³-hybridized carbons (Fsp3) is 0.409. The largest absolute Gasteiger partial charge is 0.352 e. The van der Waals surface area contributed by atoms with Crippen molar-refractivity contribution in [3.8, 4) is 11.3 Å². The molecule has 1 aromatic carbocycles. The van der Waals surface area contributed by atoms with Crippen LogP contribution >= 0.6 is 0 Å². The van der Waals surface area contributed by atoms with Crippen molar-refractivity contribution in [2.24, 2.45) is 7.05 Å². The van der Waals surface area contributed by atoms with Gasteiger partial charge in [0, 0.05) is 69.0 Å². The van der Waals surface area contributed by atoms with Crippen LogP contribution in [0.1, 0.15) is 22.4 Å². The maximum absolute atomic E-state index is 4.72. The van der Waals surface area contributed by atoms with Gasteiger partial charge in [-0.15, -0.1) is 0 Å². The Kier molecular flexibility index (Phi) is 5.13. The van der Waals surface area contributed by atoms with E-state index in [4.69, 9.17) is 9.97 Å². The Morgan fingerprint density at radius 3 is 2.25 bits per heavy atom. The summed E-state index contributed by atoms with van der Waals surface area (Å²) in [6, 6.07) is 6.40. The summed E-state index contributed by atoms with van der Waals surface area (Å²) in [6.45, 7) is 11.3. The zero-order chi connectivity index (χ0) is 19.7. The Labute approximate surface area is 166 Å². The third-order valence-electron chi connectivity index (χ3n) is 5.80. The van der Waals surface area contributed by atoms with E-state index >= 15 is 0 Å². The third kappa shape index (κ3) is 3.52. The molecular weight excluding hydrogens is 348 g/mol. The van der Waals surface area contributed by atoms with Crippen molar-refractivity contribution in [1.29, 1.82) is 0 Å². The van der Waals surface area contributed by atoms with Crippen molar-refractivity contribution in [2.75, 3.05) is 31.1 Å². The molecule has 146 valence electrons. The van der Waals surface area contributed by atoms with E-state index in [9.17, 15) is 0 Å². The number of piperazine rings is 1. The molecule has 6 heteroatoms. The van der Waals surface area contributed by atoms with Gasteiger partial charge in [0.1, 0.15) is 5.69 Å².